The van der Waals surface area contributed by atoms with E-state index in [1.54, 1.807) is 42.5 Å². The van der Waals surface area contributed by atoms with Crippen LogP contribution in [-0.2, 0) is 9.59 Å². The lowest BCUT2D eigenvalue weighted by atomic mass is 10.0. The second kappa shape index (κ2) is 10.8. The number of anilines is 1. The molecule has 0 bridgehead atoms. The minimum Gasteiger partial charge on any atom is -0.459 e. The Hall–Kier alpha value is -3.94. The SMILES string of the molecule is O=C(NCC(=O)N(c1ccccc1)[C@@H](C(=O)NC1CCCC1)c1ccccc1F)c1ccco1. The number of furan rings is 1. The van der Waals surface area contributed by atoms with E-state index in [1.807, 2.05) is 0 Å². The number of nitrogens with one attached hydrogen (secondary N) is 2. The first kappa shape index (κ1) is 23.2. The van der Waals surface area contributed by atoms with Crippen molar-refractivity contribution in [3.05, 3.63) is 90.1 Å². The van der Waals surface area contributed by atoms with Crippen molar-refractivity contribution in [2.45, 2.75) is 37.8 Å². The van der Waals surface area contributed by atoms with Gasteiger partial charge in [0.15, 0.2) is 5.76 Å². The molecule has 4 rings (SSSR count). The summed E-state index contributed by atoms with van der Waals surface area (Å²) in [4.78, 5) is 40.5. The Balaban J connectivity index is 1.67. The quantitative estimate of drug-likeness (QED) is 0.529. The van der Waals surface area contributed by atoms with Gasteiger partial charge in [-0.1, -0.05) is 49.2 Å². The van der Waals surface area contributed by atoms with Crippen LogP contribution in [0, 0.1) is 5.82 Å². The number of para-hydroxylation sites is 1. The van der Waals surface area contributed by atoms with Gasteiger partial charge in [0.05, 0.1) is 12.8 Å². The zero-order valence-corrected chi connectivity index (χ0v) is 18.6. The molecule has 1 aliphatic rings. The summed E-state index contributed by atoms with van der Waals surface area (Å²) in [7, 11) is 0. The Morgan fingerprint density at radius 1 is 0.971 bits per heavy atom. The fraction of sp³-hybridized carbons (Fsp3) is 0.269. The summed E-state index contributed by atoms with van der Waals surface area (Å²) in [5.74, 6) is -2.14. The Bertz CT molecular complexity index is 1130. The van der Waals surface area contributed by atoms with Crippen molar-refractivity contribution in [2.75, 3.05) is 11.4 Å². The molecule has 0 spiro atoms. The van der Waals surface area contributed by atoms with Crippen LogP contribution in [0.3, 0.4) is 0 Å². The second-order valence-electron chi connectivity index (χ2n) is 8.17. The van der Waals surface area contributed by atoms with E-state index in [4.69, 9.17) is 4.42 Å². The highest BCUT2D eigenvalue weighted by Gasteiger charge is 2.35. The largest absolute Gasteiger partial charge is 0.459 e. The van der Waals surface area contributed by atoms with E-state index in [2.05, 4.69) is 10.6 Å². The average Bonchev–Trinajstić information content (AvgIpc) is 3.56. The third kappa shape index (κ3) is 5.33. The maximum absolute atomic E-state index is 15.0. The normalized spacial score (nSPS) is 14.4. The van der Waals surface area contributed by atoms with Crippen LogP contribution in [0.1, 0.15) is 47.8 Å². The smallest absolute Gasteiger partial charge is 0.287 e. The fourth-order valence-corrected chi connectivity index (χ4v) is 4.21. The number of hydrogen-bond acceptors (Lipinski definition) is 4. The van der Waals surface area contributed by atoms with E-state index in [0.717, 1.165) is 25.7 Å². The lowest BCUT2D eigenvalue weighted by molar-refractivity contribution is -0.126. The Morgan fingerprint density at radius 3 is 2.35 bits per heavy atom. The number of nitrogens with zero attached hydrogens (tertiary/aromatic N) is 1. The molecule has 1 saturated carbocycles. The molecule has 1 heterocycles. The van der Waals surface area contributed by atoms with Gasteiger partial charge < -0.3 is 15.1 Å². The third-order valence-corrected chi connectivity index (χ3v) is 5.86. The Kier molecular flexibility index (Phi) is 7.37. The van der Waals surface area contributed by atoms with E-state index < -0.39 is 36.1 Å². The van der Waals surface area contributed by atoms with E-state index in [1.165, 1.54) is 35.4 Å². The fourth-order valence-electron chi connectivity index (χ4n) is 4.21. The van der Waals surface area contributed by atoms with E-state index >= 15 is 0 Å². The molecule has 2 N–H and O–H groups in total. The lowest BCUT2D eigenvalue weighted by Crippen LogP contribution is -2.49. The van der Waals surface area contributed by atoms with Crippen LogP contribution in [0.25, 0.3) is 0 Å². The molecule has 0 saturated heterocycles. The van der Waals surface area contributed by atoms with Crippen LogP contribution in [-0.4, -0.2) is 30.3 Å². The molecule has 8 heteroatoms. The van der Waals surface area contributed by atoms with Gasteiger partial charge in [-0.15, -0.1) is 0 Å². The standard InChI is InChI=1S/C26H26FN3O4/c27-21-14-7-6-13-20(21)24(26(33)29-18-9-4-5-10-18)30(19-11-2-1-3-12-19)23(31)17-28-25(32)22-15-8-16-34-22/h1-3,6-8,11-16,18,24H,4-5,9-10,17H2,(H,28,32)(H,29,33)/t24-/m1/s1. The predicted molar refractivity (Wildman–Crippen MR) is 125 cm³/mol. The molecule has 0 radical (unpaired) electrons. The van der Waals surface area contributed by atoms with Gasteiger partial charge in [-0.25, -0.2) is 4.39 Å². The molecule has 1 aliphatic carbocycles. The van der Waals surface area contributed by atoms with Crippen LogP contribution < -0.4 is 15.5 Å². The highest BCUT2D eigenvalue weighted by molar-refractivity contribution is 6.04. The van der Waals surface area contributed by atoms with E-state index in [0.29, 0.717) is 5.69 Å². The van der Waals surface area contributed by atoms with Crippen molar-refractivity contribution >= 4 is 23.4 Å². The molecule has 3 amide bonds. The molecular formula is C26H26FN3O4. The minimum absolute atomic E-state index is 0.0202. The molecule has 0 unspecified atom stereocenters. The topological polar surface area (TPSA) is 91.7 Å². The number of rotatable bonds is 8. The first-order chi connectivity index (χ1) is 16.5. The third-order valence-electron chi connectivity index (χ3n) is 5.86. The summed E-state index contributed by atoms with van der Waals surface area (Å²) in [6.45, 7) is -0.407. The number of carbonyl (C=O) groups is 3. The van der Waals surface area contributed by atoms with E-state index in [9.17, 15) is 18.8 Å². The lowest BCUT2D eigenvalue weighted by Gasteiger charge is -2.32. The van der Waals surface area contributed by atoms with Crippen molar-refractivity contribution in [1.82, 2.24) is 10.6 Å². The molecule has 0 aliphatic heterocycles. The number of amides is 3. The number of halogens is 1. The van der Waals surface area contributed by atoms with Gasteiger partial charge in [0.25, 0.3) is 5.91 Å². The molecule has 3 aromatic rings. The molecule has 2 aromatic carbocycles. The van der Waals surface area contributed by atoms with Crippen LogP contribution in [0.5, 0.6) is 0 Å². The van der Waals surface area contributed by atoms with Gasteiger partial charge in [-0.3, -0.25) is 19.3 Å². The van der Waals surface area contributed by atoms with Crippen molar-refractivity contribution in [2.24, 2.45) is 0 Å². The Morgan fingerprint density at radius 2 is 1.68 bits per heavy atom. The minimum atomic E-state index is -1.25. The second-order valence-corrected chi connectivity index (χ2v) is 8.17. The van der Waals surface area contributed by atoms with Gasteiger partial charge in [0, 0.05) is 17.3 Å². The van der Waals surface area contributed by atoms with Gasteiger partial charge in [0.2, 0.25) is 11.8 Å². The van der Waals surface area contributed by atoms with Crippen molar-refractivity contribution < 1.29 is 23.2 Å². The van der Waals surface area contributed by atoms with Crippen molar-refractivity contribution in [3.8, 4) is 0 Å². The molecule has 1 atom stereocenters. The van der Waals surface area contributed by atoms with E-state index in [-0.39, 0.29) is 17.4 Å². The molecule has 1 fully saturated rings. The maximum Gasteiger partial charge on any atom is 0.287 e. The van der Waals surface area contributed by atoms with Crippen LogP contribution >= 0.6 is 0 Å². The highest BCUT2D eigenvalue weighted by atomic mass is 19.1. The molecule has 34 heavy (non-hydrogen) atoms. The molecule has 176 valence electrons. The first-order valence-corrected chi connectivity index (χ1v) is 11.3. The predicted octanol–water partition coefficient (Wildman–Crippen LogP) is 3.98. The first-order valence-electron chi connectivity index (χ1n) is 11.3. The van der Waals surface area contributed by atoms with Crippen molar-refractivity contribution in [1.29, 1.82) is 0 Å². The summed E-state index contributed by atoms with van der Waals surface area (Å²) < 4.78 is 20.0. The zero-order chi connectivity index (χ0) is 23.9. The van der Waals surface area contributed by atoms with Gasteiger partial charge in [-0.05, 0) is 43.2 Å². The average molecular weight is 464 g/mol. The highest BCUT2D eigenvalue weighted by Crippen LogP contribution is 2.30. The molecular weight excluding hydrogens is 437 g/mol. The maximum atomic E-state index is 15.0. The van der Waals surface area contributed by atoms with Crippen LogP contribution in [0.2, 0.25) is 0 Å². The summed E-state index contributed by atoms with van der Waals surface area (Å²) in [6.07, 6.45) is 5.06. The van der Waals surface area contributed by atoms with Gasteiger partial charge in [0.1, 0.15) is 11.9 Å². The van der Waals surface area contributed by atoms with Crippen LogP contribution in [0.15, 0.2) is 77.4 Å². The zero-order valence-electron chi connectivity index (χ0n) is 18.6. The summed E-state index contributed by atoms with van der Waals surface area (Å²) in [6, 6.07) is 16.3. The Labute approximate surface area is 196 Å². The number of benzene rings is 2. The number of carbonyl (C=O) groups excluding carboxylic acids is 3. The van der Waals surface area contributed by atoms with Crippen LogP contribution in [0.4, 0.5) is 10.1 Å². The van der Waals surface area contributed by atoms with Gasteiger partial charge in [-0.2, -0.15) is 0 Å². The van der Waals surface area contributed by atoms with Gasteiger partial charge >= 0.3 is 0 Å². The summed E-state index contributed by atoms with van der Waals surface area (Å²) >= 11 is 0. The van der Waals surface area contributed by atoms with Crippen molar-refractivity contribution in [3.63, 3.8) is 0 Å². The molecule has 1 aromatic heterocycles. The molecule has 7 nitrogen and oxygen atoms in total. The summed E-state index contributed by atoms with van der Waals surface area (Å²) in [5.41, 5.74) is 0.488. The number of hydrogen-bond donors (Lipinski definition) is 2. The summed E-state index contributed by atoms with van der Waals surface area (Å²) in [5, 5.41) is 5.51. The monoisotopic (exact) mass is 463 g/mol.